The lowest BCUT2D eigenvalue weighted by Gasteiger charge is -2.16. The number of hydrogen-bond acceptors (Lipinski definition) is 8. The van der Waals surface area contributed by atoms with Crippen LogP contribution in [0, 0.1) is 0 Å². The summed E-state index contributed by atoms with van der Waals surface area (Å²) >= 11 is 0. The number of pyridine rings is 1. The number of aliphatic hydroxyl groups excluding tert-OH is 1. The molecule has 0 saturated heterocycles. The van der Waals surface area contributed by atoms with E-state index in [1.165, 1.54) is 6.20 Å². The molecule has 4 rings (SSSR count). The number of nitrogens with one attached hydrogen (secondary N) is 1. The minimum Gasteiger partial charge on any atom is -0.488 e. The first-order valence-corrected chi connectivity index (χ1v) is 11.5. The van der Waals surface area contributed by atoms with Crippen LogP contribution in [0.2, 0.25) is 0 Å². The van der Waals surface area contributed by atoms with Gasteiger partial charge in [-0.2, -0.15) is 0 Å². The first-order chi connectivity index (χ1) is 17.0. The fourth-order valence-corrected chi connectivity index (χ4v) is 3.63. The Morgan fingerprint density at radius 2 is 1.97 bits per heavy atom. The Labute approximate surface area is 203 Å². The highest BCUT2D eigenvalue weighted by Crippen LogP contribution is 2.33. The number of ketones is 1. The van der Waals surface area contributed by atoms with Crippen molar-refractivity contribution in [3.8, 4) is 28.5 Å². The zero-order chi connectivity index (χ0) is 24.8. The van der Waals surface area contributed by atoms with Crippen LogP contribution in [0.25, 0.3) is 11.3 Å². The number of ether oxygens (including phenoxy) is 4. The highest BCUT2D eigenvalue weighted by molar-refractivity contribution is 5.94. The summed E-state index contributed by atoms with van der Waals surface area (Å²) in [4.78, 5) is 23.7. The molecule has 1 aliphatic heterocycles. The molecule has 184 valence electrons. The van der Waals surface area contributed by atoms with Crippen LogP contribution in [-0.2, 0) is 9.47 Å². The largest absolute Gasteiger partial charge is 0.488 e. The van der Waals surface area contributed by atoms with Crippen molar-refractivity contribution in [2.45, 2.75) is 32.5 Å². The number of methoxy groups -OCH3 is 1. The van der Waals surface area contributed by atoms with Crippen LogP contribution in [0.15, 0.2) is 53.7 Å². The number of nitrogens with zero attached hydrogens (tertiary/aromatic N) is 2. The lowest BCUT2D eigenvalue weighted by Crippen LogP contribution is -2.18. The number of carbonyl (C=O) groups excluding carboxylic acids is 1. The van der Waals surface area contributed by atoms with Gasteiger partial charge in [-0.15, -0.1) is 0 Å². The molecule has 0 radical (unpaired) electrons. The van der Waals surface area contributed by atoms with E-state index in [1.807, 2.05) is 31.2 Å². The van der Waals surface area contributed by atoms with Crippen LogP contribution in [0.5, 0.6) is 17.2 Å². The molecule has 2 N–H and O–H groups in total. The molecule has 0 spiro atoms. The van der Waals surface area contributed by atoms with Crippen molar-refractivity contribution in [2.75, 3.05) is 26.9 Å². The highest BCUT2D eigenvalue weighted by atomic mass is 16.5. The molecule has 0 fully saturated rings. The van der Waals surface area contributed by atoms with Gasteiger partial charge in [-0.05, 0) is 43.3 Å². The normalized spacial score (nSPS) is 15.9. The number of H-pyrrole nitrogens is 1. The van der Waals surface area contributed by atoms with Crippen molar-refractivity contribution >= 4 is 11.7 Å². The van der Waals surface area contributed by atoms with Crippen molar-refractivity contribution in [1.29, 1.82) is 0 Å². The Balaban J connectivity index is 1.60. The summed E-state index contributed by atoms with van der Waals surface area (Å²) < 4.78 is 22.9. The molecule has 2 atom stereocenters. The van der Waals surface area contributed by atoms with Crippen LogP contribution >= 0.6 is 0 Å². The maximum absolute atomic E-state index is 11.9. The molecule has 9 heteroatoms. The lowest BCUT2D eigenvalue weighted by atomic mass is 10.1. The van der Waals surface area contributed by atoms with Crippen molar-refractivity contribution in [3.05, 3.63) is 60.0 Å². The maximum atomic E-state index is 11.9. The minimum atomic E-state index is -0.316. The number of carbonyl (C=O) groups is 1. The molecule has 0 unspecified atom stereocenters. The summed E-state index contributed by atoms with van der Waals surface area (Å²) in [6.07, 6.45) is 1.44. The predicted octanol–water partition coefficient (Wildman–Crippen LogP) is 4.01. The number of hydrogen-bond donors (Lipinski definition) is 2. The first-order valence-electron chi connectivity index (χ1n) is 11.5. The van der Waals surface area contributed by atoms with E-state index in [1.54, 1.807) is 32.2 Å². The van der Waals surface area contributed by atoms with Crippen LogP contribution in [0.4, 0.5) is 0 Å². The van der Waals surface area contributed by atoms with Gasteiger partial charge in [-0.3, -0.25) is 4.79 Å². The Kier molecular flexibility index (Phi) is 7.79. The van der Waals surface area contributed by atoms with Crippen molar-refractivity contribution in [3.63, 3.8) is 0 Å². The molecular formula is C26H29N3O6. The Morgan fingerprint density at radius 1 is 1.17 bits per heavy atom. The SMILES string of the molecule is CCC(=O)c1ccc(Oc2cc(O[C@@H](C)COC)cc(-c3ccc(C4=NC[C@H](CO)O4)[nH]3)c2)cn1. The highest BCUT2D eigenvalue weighted by Gasteiger charge is 2.21. The topological polar surface area (TPSA) is 115 Å². The molecule has 1 aromatic carbocycles. The third-order valence-corrected chi connectivity index (χ3v) is 5.35. The summed E-state index contributed by atoms with van der Waals surface area (Å²) in [5.74, 6) is 2.11. The summed E-state index contributed by atoms with van der Waals surface area (Å²) in [5, 5.41) is 9.29. The smallest absolute Gasteiger partial charge is 0.233 e. The van der Waals surface area contributed by atoms with E-state index in [4.69, 9.17) is 18.9 Å². The number of Topliss-reactive ketones (excluding diaryl/α,β-unsaturated/α-hetero) is 1. The molecule has 1 aliphatic rings. The van der Waals surface area contributed by atoms with Crippen LogP contribution < -0.4 is 9.47 Å². The number of aromatic nitrogens is 2. The molecule has 2 aromatic heterocycles. The predicted molar refractivity (Wildman–Crippen MR) is 130 cm³/mol. The second-order valence-corrected chi connectivity index (χ2v) is 8.19. The molecule has 3 heterocycles. The molecule has 0 bridgehead atoms. The summed E-state index contributed by atoms with van der Waals surface area (Å²) in [6, 6.07) is 12.7. The van der Waals surface area contributed by atoms with Gasteiger partial charge < -0.3 is 29.0 Å². The number of aliphatic imine (C=N–C) groups is 1. The maximum Gasteiger partial charge on any atom is 0.233 e. The van der Waals surface area contributed by atoms with Gasteiger partial charge in [0.2, 0.25) is 5.90 Å². The van der Waals surface area contributed by atoms with Gasteiger partial charge in [-0.1, -0.05) is 6.92 Å². The zero-order valence-electron chi connectivity index (χ0n) is 20.0. The molecule has 0 amide bonds. The quantitative estimate of drug-likeness (QED) is 0.399. The minimum absolute atomic E-state index is 0.0231. The summed E-state index contributed by atoms with van der Waals surface area (Å²) in [7, 11) is 1.63. The molecule has 0 aliphatic carbocycles. The van der Waals surface area contributed by atoms with Gasteiger partial charge in [0.1, 0.15) is 40.8 Å². The molecule has 3 aromatic rings. The van der Waals surface area contributed by atoms with Gasteiger partial charge >= 0.3 is 0 Å². The first kappa shape index (κ1) is 24.4. The fraction of sp³-hybridized carbons (Fsp3) is 0.346. The fourth-order valence-electron chi connectivity index (χ4n) is 3.63. The van der Waals surface area contributed by atoms with Crippen LogP contribution in [0.1, 0.15) is 36.5 Å². The van der Waals surface area contributed by atoms with E-state index in [9.17, 15) is 9.90 Å². The molecule has 0 saturated carbocycles. The zero-order valence-corrected chi connectivity index (χ0v) is 20.0. The Hall–Kier alpha value is -3.69. The molecular weight excluding hydrogens is 450 g/mol. The van der Waals surface area contributed by atoms with Crippen molar-refractivity contribution in [1.82, 2.24) is 9.97 Å². The second kappa shape index (κ2) is 11.2. The lowest BCUT2D eigenvalue weighted by molar-refractivity contribution is 0.0920. The van der Waals surface area contributed by atoms with E-state index in [0.29, 0.717) is 48.4 Å². The van der Waals surface area contributed by atoms with Crippen LogP contribution in [-0.4, -0.2) is 65.8 Å². The second-order valence-electron chi connectivity index (χ2n) is 8.19. The van der Waals surface area contributed by atoms with E-state index < -0.39 is 0 Å². The van der Waals surface area contributed by atoms with Gasteiger partial charge in [0.05, 0.1) is 26.0 Å². The third kappa shape index (κ3) is 6.06. The average molecular weight is 480 g/mol. The number of benzene rings is 1. The molecule has 35 heavy (non-hydrogen) atoms. The van der Waals surface area contributed by atoms with Crippen LogP contribution in [0.3, 0.4) is 0 Å². The average Bonchev–Trinajstić information content (AvgIpc) is 3.54. The number of aliphatic hydroxyl groups is 1. The third-order valence-electron chi connectivity index (χ3n) is 5.35. The number of aromatic amines is 1. The van der Waals surface area contributed by atoms with E-state index in [2.05, 4.69) is 15.0 Å². The van der Waals surface area contributed by atoms with Gasteiger partial charge in [-0.25, -0.2) is 9.98 Å². The number of rotatable bonds is 11. The molecule has 9 nitrogen and oxygen atoms in total. The summed E-state index contributed by atoms with van der Waals surface area (Å²) in [6.45, 7) is 4.50. The Bertz CT molecular complexity index is 1190. The van der Waals surface area contributed by atoms with E-state index in [0.717, 1.165) is 17.0 Å². The Morgan fingerprint density at radius 3 is 2.66 bits per heavy atom. The van der Waals surface area contributed by atoms with Crippen molar-refractivity contribution < 1.29 is 28.8 Å². The van der Waals surface area contributed by atoms with Gasteiger partial charge in [0.25, 0.3) is 0 Å². The van der Waals surface area contributed by atoms with E-state index >= 15 is 0 Å². The monoisotopic (exact) mass is 479 g/mol. The van der Waals surface area contributed by atoms with Gasteiger partial charge in [0.15, 0.2) is 5.78 Å². The van der Waals surface area contributed by atoms with Gasteiger partial charge in [0, 0.05) is 30.9 Å². The van der Waals surface area contributed by atoms with E-state index in [-0.39, 0.29) is 24.6 Å². The van der Waals surface area contributed by atoms with Crippen molar-refractivity contribution in [2.24, 2.45) is 4.99 Å². The summed E-state index contributed by atoms with van der Waals surface area (Å²) in [5.41, 5.74) is 2.77. The standard InChI is InChI=1S/C26H29N3O6/c1-4-25(31)23-6-5-18(12-27-23)34-20-10-17(9-19(11-20)33-16(2)15-32-3)22-7-8-24(29-22)26-28-13-21(14-30)35-26/h5-12,16,21,29-30H,4,13-15H2,1-3H3/t16-,21+/m0/s1.